The molecule has 0 heterocycles. The van der Waals surface area contributed by atoms with Crippen LogP contribution in [0.15, 0.2) is 35.5 Å². The fourth-order valence-electron chi connectivity index (χ4n) is 0.324. The largest absolute Gasteiger partial charge is 0.397 e. The predicted molar refractivity (Wildman–Crippen MR) is 53.4 cm³/mol. The van der Waals surface area contributed by atoms with E-state index >= 15 is 0 Å². The van der Waals surface area contributed by atoms with E-state index in [2.05, 4.69) is 13.2 Å². The molecule has 0 saturated heterocycles. The molecule has 0 fully saturated rings. The molecule has 2 heteroatoms. The van der Waals surface area contributed by atoms with Crippen LogP contribution in [0.1, 0.15) is 20.8 Å². The van der Waals surface area contributed by atoms with E-state index in [0.717, 1.165) is 5.57 Å². The highest BCUT2D eigenvalue weighted by molar-refractivity contribution is 6.31. The highest BCUT2D eigenvalue weighted by atomic mass is 35.5. The molecule has 64 valence electrons. The van der Waals surface area contributed by atoms with Crippen molar-refractivity contribution >= 4 is 11.6 Å². The zero-order valence-corrected chi connectivity index (χ0v) is 8.20. The lowest BCUT2D eigenvalue weighted by atomic mass is 10.2. The van der Waals surface area contributed by atoms with Gasteiger partial charge in [-0.15, -0.1) is 0 Å². The average molecular weight is 174 g/mol. The minimum absolute atomic E-state index is 0.368. The van der Waals surface area contributed by atoms with Gasteiger partial charge in [-0.3, -0.25) is 0 Å². The maximum Gasteiger partial charge on any atom is 0.0566 e. The zero-order valence-electron chi connectivity index (χ0n) is 7.45. The second-order valence-corrected chi connectivity index (χ2v) is 2.16. The van der Waals surface area contributed by atoms with E-state index in [9.17, 15) is 0 Å². The SMILES string of the molecule is C=C/C(C)=C(/N)C(=C)Cl.CC. The molecular formula is C9H16ClN. The summed E-state index contributed by atoms with van der Waals surface area (Å²) in [5.41, 5.74) is 6.81. The first-order valence-electron chi connectivity index (χ1n) is 3.53. The fourth-order valence-corrected chi connectivity index (χ4v) is 0.473. The minimum atomic E-state index is 0.368. The first-order valence-corrected chi connectivity index (χ1v) is 3.91. The number of hydrogen-bond acceptors (Lipinski definition) is 1. The number of hydrogen-bond donors (Lipinski definition) is 1. The quantitative estimate of drug-likeness (QED) is 0.638. The van der Waals surface area contributed by atoms with Crippen LogP contribution in [0.5, 0.6) is 0 Å². The molecule has 0 saturated carbocycles. The van der Waals surface area contributed by atoms with Crippen molar-refractivity contribution in [2.24, 2.45) is 5.73 Å². The molecule has 11 heavy (non-hydrogen) atoms. The summed E-state index contributed by atoms with van der Waals surface area (Å²) in [7, 11) is 0. The van der Waals surface area contributed by atoms with E-state index in [4.69, 9.17) is 17.3 Å². The molecule has 0 aliphatic heterocycles. The summed E-state index contributed by atoms with van der Waals surface area (Å²) < 4.78 is 0. The molecule has 0 aromatic rings. The van der Waals surface area contributed by atoms with Crippen molar-refractivity contribution in [1.29, 1.82) is 0 Å². The molecule has 0 rings (SSSR count). The van der Waals surface area contributed by atoms with E-state index in [-0.39, 0.29) is 0 Å². The Morgan fingerprint density at radius 3 is 1.91 bits per heavy atom. The second kappa shape index (κ2) is 7.42. The molecule has 0 aromatic heterocycles. The van der Waals surface area contributed by atoms with Crippen LogP contribution < -0.4 is 5.73 Å². The van der Waals surface area contributed by atoms with Crippen molar-refractivity contribution in [2.75, 3.05) is 0 Å². The number of halogens is 1. The summed E-state index contributed by atoms with van der Waals surface area (Å²) in [5, 5.41) is 0.368. The molecule has 0 unspecified atom stereocenters. The maximum absolute atomic E-state index is 5.48. The summed E-state index contributed by atoms with van der Waals surface area (Å²) in [6.45, 7) is 12.8. The van der Waals surface area contributed by atoms with Gasteiger partial charge in [-0.2, -0.15) is 0 Å². The highest BCUT2D eigenvalue weighted by Crippen LogP contribution is 2.10. The Bertz CT molecular complexity index is 168. The van der Waals surface area contributed by atoms with Gasteiger partial charge in [-0.1, -0.05) is 44.7 Å². The van der Waals surface area contributed by atoms with E-state index in [1.54, 1.807) is 6.08 Å². The van der Waals surface area contributed by atoms with Gasteiger partial charge in [-0.05, 0) is 12.5 Å². The van der Waals surface area contributed by atoms with E-state index in [1.807, 2.05) is 20.8 Å². The molecule has 0 aliphatic rings. The average Bonchev–Trinajstić information content (AvgIpc) is 2.05. The normalized spacial score (nSPS) is 10.5. The van der Waals surface area contributed by atoms with Crippen LogP contribution in [0.4, 0.5) is 0 Å². The molecular weight excluding hydrogens is 158 g/mol. The van der Waals surface area contributed by atoms with Crippen LogP contribution in [0.25, 0.3) is 0 Å². The second-order valence-electron chi connectivity index (χ2n) is 1.71. The van der Waals surface area contributed by atoms with Gasteiger partial charge in [-0.25, -0.2) is 0 Å². The van der Waals surface area contributed by atoms with Crippen LogP contribution in [0.3, 0.4) is 0 Å². The molecule has 2 N–H and O–H groups in total. The van der Waals surface area contributed by atoms with Gasteiger partial charge < -0.3 is 5.73 Å². The van der Waals surface area contributed by atoms with E-state index in [0.29, 0.717) is 10.7 Å². The van der Waals surface area contributed by atoms with Gasteiger partial charge in [0.05, 0.1) is 10.7 Å². The summed E-state index contributed by atoms with van der Waals surface area (Å²) in [4.78, 5) is 0. The molecule has 0 aromatic carbocycles. The molecule has 0 aliphatic carbocycles. The van der Waals surface area contributed by atoms with Gasteiger partial charge in [0.25, 0.3) is 0 Å². The van der Waals surface area contributed by atoms with Crippen molar-refractivity contribution in [2.45, 2.75) is 20.8 Å². The minimum Gasteiger partial charge on any atom is -0.397 e. The molecule has 0 bridgehead atoms. The number of nitrogens with two attached hydrogens (primary N) is 1. The first-order chi connectivity index (χ1) is 5.09. The smallest absolute Gasteiger partial charge is 0.0566 e. The predicted octanol–water partition coefficient (Wildman–Crippen LogP) is 3.18. The van der Waals surface area contributed by atoms with Crippen molar-refractivity contribution in [3.63, 3.8) is 0 Å². The highest BCUT2D eigenvalue weighted by Gasteiger charge is 1.94. The van der Waals surface area contributed by atoms with E-state index < -0.39 is 0 Å². The Morgan fingerprint density at radius 2 is 1.82 bits per heavy atom. The van der Waals surface area contributed by atoms with Gasteiger partial charge >= 0.3 is 0 Å². The summed E-state index contributed by atoms with van der Waals surface area (Å²) in [5.74, 6) is 0. The third-order valence-electron chi connectivity index (χ3n) is 1.02. The first kappa shape index (κ1) is 12.9. The number of allylic oxidation sites excluding steroid dienone is 3. The van der Waals surface area contributed by atoms with Gasteiger partial charge in [0.2, 0.25) is 0 Å². The monoisotopic (exact) mass is 173 g/mol. The van der Waals surface area contributed by atoms with Gasteiger partial charge in [0, 0.05) is 0 Å². The summed E-state index contributed by atoms with van der Waals surface area (Å²) in [6, 6.07) is 0. The van der Waals surface area contributed by atoms with Crippen molar-refractivity contribution in [1.82, 2.24) is 0 Å². The Balaban J connectivity index is 0. The molecule has 0 atom stereocenters. The number of rotatable bonds is 2. The maximum atomic E-state index is 5.48. The topological polar surface area (TPSA) is 26.0 Å². The summed E-state index contributed by atoms with van der Waals surface area (Å²) in [6.07, 6.45) is 1.64. The lowest BCUT2D eigenvalue weighted by Crippen LogP contribution is -1.98. The van der Waals surface area contributed by atoms with Crippen LogP contribution in [-0.4, -0.2) is 0 Å². The Kier molecular flexibility index (Phi) is 8.73. The standard InChI is InChI=1S/C7H10ClN.C2H6/c1-4-5(2)7(9)6(3)8;1-2/h4H,1,3,9H2,2H3;1-2H3/b7-5+;. The lowest BCUT2D eigenvalue weighted by Gasteiger charge is -1.98. The Morgan fingerprint density at radius 1 is 1.45 bits per heavy atom. The van der Waals surface area contributed by atoms with Gasteiger partial charge in [0.1, 0.15) is 0 Å². The third-order valence-corrected chi connectivity index (χ3v) is 1.23. The third kappa shape index (κ3) is 5.74. The van der Waals surface area contributed by atoms with Crippen LogP contribution in [0.2, 0.25) is 0 Å². The zero-order chi connectivity index (χ0) is 9.44. The molecule has 0 radical (unpaired) electrons. The van der Waals surface area contributed by atoms with Crippen LogP contribution >= 0.6 is 11.6 Å². The Hall–Kier alpha value is -0.690. The van der Waals surface area contributed by atoms with Crippen LogP contribution in [0, 0.1) is 0 Å². The van der Waals surface area contributed by atoms with E-state index in [1.165, 1.54) is 0 Å². The van der Waals surface area contributed by atoms with Crippen molar-refractivity contribution in [3.8, 4) is 0 Å². The van der Waals surface area contributed by atoms with Crippen molar-refractivity contribution in [3.05, 3.63) is 35.5 Å². The van der Waals surface area contributed by atoms with Crippen LogP contribution in [-0.2, 0) is 0 Å². The van der Waals surface area contributed by atoms with Gasteiger partial charge in [0.15, 0.2) is 0 Å². The molecule has 0 amide bonds. The fraction of sp³-hybridized carbons (Fsp3) is 0.333. The molecule has 1 nitrogen and oxygen atoms in total. The molecule has 0 spiro atoms. The summed E-state index contributed by atoms with van der Waals surface area (Å²) >= 11 is 5.48. The Labute approximate surface area is 74.2 Å². The van der Waals surface area contributed by atoms with Crippen molar-refractivity contribution < 1.29 is 0 Å². The lowest BCUT2D eigenvalue weighted by molar-refractivity contribution is 1.31.